The first-order valence-corrected chi connectivity index (χ1v) is 6.64. The highest BCUT2D eigenvalue weighted by Gasteiger charge is 2.24. The van der Waals surface area contributed by atoms with Crippen LogP contribution in [0.5, 0.6) is 0 Å². The number of nitrogens with zero attached hydrogens (tertiary/aromatic N) is 3. The van der Waals surface area contributed by atoms with Gasteiger partial charge in [-0.1, -0.05) is 0 Å². The number of rotatable bonds is 3. The van der Waals surface area contributed by atoms with Crippen molar-refractivity contribution in [2.45, 2.75) is 33.8 Å². The summed E-state index contributed by atoms with van der Waals surface area (Å²) in [5.74, 6) is 0. The van der Waals surface area contributed by atoms with Crippen LogP contribution in [0.1, 0.15) is 34.9 Å². The molecule has 19 heavy (non-hydrogen) atoms. The zero-order valence-corrected chi connectivity index (χ0v) is 12.0. The normalized spacial score (nSPS) is 12.7. The van der Waals surface area contributed by atoms with Crippen molar-refractivity contribution in [2.75, 3.05) is 0 Å². The van der Waals surface area contributed by atoms with Gasteiger partial charge in [-0.3, -0.25) is 10.1 Å². The maximum Gasteiger partial charge on any atom is 0.306 e. The lowest BCUT2D eigenvalue weighted by atomic mass is 10.2. The first kappa shape index (κ1) is 13.7. The Morgan fingerprint density at radius 3 is 2.53 bits per heavy atom. The van der Waals surface area contributed by atoms with E-state index in [0.717, 1.165) is 17.0 Å². The predicted molar refractivity (Wildman–Crippen MR) is 72.9 cm³/mol. The van der Waals surface area contributed by atoms with E-state index in [9.17, 15) is 15.2 Å². The summed E-state index contributed by atoms with van der Waals surface area (Å²) in [5, 5.41) is 25.5. The minimum absolute atomic E-state index is 0.0218. The van der Waals surface area contributed by atoms with E-state index >= 15 is 0 Å². The summed E-state index contributed by atoms with van der Waals surface area (Å²) in [7, 11) is 0. The van der Waals surface area contributed by atoms with Gasteiger partial charge in [0.25, 0.3) is 0 Å². The van der Waals surface area contributed by atoms with Crippen molar-refractivity contribution >= 4 is 17.0 Å². The number of aliphatic hydroxyl groups is 1. The molecule has 0 fully saturated rings. The smallest absolute Gasteiger partial charge is 0.306 e. The fourth-order valence-electron chi connectivity index (χ4n) is 1.80. The molecule has 1 N–H and O–H groups in total. The van der Waals surface area contributed by atoms with Gasteiger partial charge in [0.2, 0.25) is 0 Å². The van der Waals surface area contributed by atoms with Crippen LogP contribution in [0, 0.1) is 30.9 Å². The molecule has 2 aromatic heterocycles. The molecule has 102 valence electrons. The van der Waals surface area contributed by atoms with Crippen LogP contribution < -0.4 is 0 Å². The molecule has 1 unspecified atom stereocenters. The molecule has 0 saturated carbocycles. The average Bonchev–Trinajstić information content (AvgIpc) is 2.87. The molecule has 0 aliphatic rings. The molecular weight excluding hydrogens is 266 g/mol. The summed E-state index contributed by atoms with van der Waals surface area (Å²) < 4.78 is 1.58. The molecule has 2 rings (SSSR count). The minimum Gasteiger partial charge on any atom is -0.388 e. The molecule has 0 bridgehead atoms. The Balaban J connectivity index is 2.66. The number of aromatic nitrogens is 2. The quantitative estimate of drug-likeness (QED) is 0.693. The van der Waals surface area contributed by atoms with Crippen molar-refractivity contribution in [1.82, 2.24) is 9.78 Å². The number of hydrogen-bond acceptors (Lipinski definition) is 5. The van der Waals surface area contributed by atoms with E-state index in [0.29, 0.717) is 9.88 Å². The van der Waals surface area contributed by atoms with Crippen LogP contribution in [0.4, 0.5) is 5.69 Å². The third-order valence-electron chi connectivity index (χ3n) is 3.17. The first-order chi connectivity index (χ1) is 8.82. The monoisotopic (exact) mass is 281 g/mol. The van der Waals surface area contributed by atoms with Gasteiger partial charge < -0.3 is 5.11 Å². The maximum atomic E-state index is 11.1. The first-order valence-electron chi connectivity index (χ1n) is 5.82. The molecule has 2 aromatic rings. The molecule has 0 aromatic carbocycles. The lowest BCUT2D eigenvalue weighted by Gasteiger charge is -2.01. The Kier molecular flexibility index (Phi) is 3.42. The highest BCUT2D eigenvalue weighted by atomic mass is 32.1. The fourth-order valence-corrected chi connectivity index (χ4v) is 2.86. The summed E-state index contributed by atoms with van der Waals surface area (Å²) in [6, 6.07) is 1.41. The Morgan fingerprint density at radius 2 is 2.11 bits per heavy atom. The molecule has 0 amide bonds. The topological polar surface area (TPSA) is 81.2 Å². The molecule has 0 radical (unpaired) electrons. The van der Waals surface area contributed by atoms with Gasteiger partial charge in [0.05, 0.1) is 16.7 Å². The van der Waals surface area contributed by atoms with Crippen LogP contribution in [-0.4, -0.2) is 19.8 Å². The van der Waals surface area contributed by atoms with Crippen LogP contribution in [0.25, 0.3) is 5.00 Å². The largest absolute Gasteiger partial charge is 0.388 e. The third-order valence-corrected chi connectivity index (χ3v) is 4.44. The van der Waals surface area contributed by atoms with Gasteiger partial charge in [0.15, 0.2) is 5.00 Å². The standard InChI is InChI=1S/C12H15N3O3S/c1-6-7(2)13-14(8(6)3)12-10(15(17)18)5-11(19-12)9(4)16/h5,9,16H,1-4H3. The van der Waals surface area contributed by atoms with Gasteiger partial charge in [-0.2, -0.15) is 5.10 Å². The van der Waals surface area contributed by atoms with Gasteiger partial charge in [-0.05, 0) is 33.3 Å². The van der Waals surface area contributed by atoms with Crippen molar-refractivity contribution in [3.8, 4) is 5.00 Å². The van der Waals surface area contributed by atoms with Crippen LogP contribution in [0.2, 0.25) is 0 Å². The van der Waals surface area contributed by atoms with E-state index in [1.165, 1.54) is 17.4 Å². The lowest BCUT2D eigenvalue weighted by Crippen LogP contribution is -2.00. The Bertz CT molecular complexity index is 643. The van der Waals surface area contributed by atoms with Crippen LogP contribution in [0.15, 0.2) is 6.07 Å². The number of hydrogen-bond donors (Lipinski definition) is 1. The zero-order valence-electron chi connectivity index (χ0n) is 11.2. The van der Waals surface area contributed by atoms with Crippen LogP contribution >= 0.6 is 11.3 Å². The SMILES string of the molecule is Cc1nn(-c2sc(C(C)O)cc2[N+](=O)[O-])c(C)c1C. The lowest BCUT2D eigenvalue weighted by molar-refractivity contribution is -0.384. The van der Waals surface area contributed by atoms with E-state index in [4.69, 9.17) is 0 Å². The molecule has 7 heteroatoms. The summed E-state index contributed by atoms with van der Waals surface area (Å²) in [4.78, 5) is 11.2. The van der Waals surface area contributed by atoms with Gasteiger partial charge in [0, 0.05) is 16.6 Å². The van der Waals surface area contributed by atoms with E-state index in [1.807, 2.05) is 20.8 Å². The van der Waals surface area contributed by atoms with Gasteiger partial charge in [-0.15, -0.1) is 11.3 Å². The number of thiophene rings is 1. The van der Waals surface area contributed by atoms with Gasteiger partial charge in [0.1, 0.15) is 0 Å². The van der Waals surface area contributed by atoms with Gasteiger partial charge in [-0.25, -0.2) is 4.68 Å². The molecule has 0 aliphatic heterocycles. The molecule has 0 saturated heterocycles. The Hall–Kier alpha value is -1.73. The summed E-state index contributed by atoms with van der Waals surface area (Å²) in [6.07, 6.45) is -0.726. The number of nitro groups is 1. The molecular formula is C12H15N3O3S. The van der Waals surface area contributed by atoms with Gasteiger partial charge >= 0.3 is 5.69 Å². The second-order valence-electron chi connectivity index (χ2n) is 4.48. The number of aryl methyl sites for hydroxylation is 1. The molecule has 6 nitrogen and oxygen atoms in total. The highest BCUT2D eigenvalue weighted by molar-refractivity contribution is 7.15. The van der Waals surface area contributed by atoms with E-state index in [2.05, 4.69) is 5.10 Å². The maximum absolute atomic E-state index is 11.1. The Labute approximate surface area is 114 Å². The minimum atomic E-state index is -0.726. The average molecular weight is 281 g/mol. The molecule has 2 heterocycles. The van der Waals surface area contributed by atoms with E-state index in [-0.39, 0.29) is 5.69 Å². The van der Waals surface area contributed by atoms with Crippen LogP contribution in [-0.2, 0) is 0 Å². The van der Waals surface area contributed by atoms with E-state index < -0.39 is 11.0 Å². The number of aliphatic hydroxyl groups excluding tert-OH is 1. The second-order valence-corrected chi connectivity index (χ2v) is 5.54. The summed E-state index contributed by atoms with van der Waals surface area (Å²) in [5.41, 5.74) is 2.71. The van der Waals surface area contributed by atoms with Crippen molar-refractivity contribution in [3.63, 3.8) is 0 Å². The van der Waals surface area contributed by atoms with Crippen molar-refractivity contribution < 1.29 is 10.0 Å². The summed E-state index contributed by atoms with van der Waals surface area (Å²) in [6.45, 7) is 7.27. The van der Waals surface area contributed by atoms with Crippen molar-refractivity contribution in [3.05, 3.63) is 38.0 Å². The Morgan fingerprint density at radius 1 is 1.47 bits per heavy atom. The molecule has 1 atom stereocenters. The molecule has 0 spiro atoms. The van der Waals surface area contributed by atoms with Crippen LogP contribution in [0.3, 0.4) is 0 Å². The van der Waals surface area contributed by atoms with E-state index in [1.54, 1.807) is 11.6 Å². The fraction of sp³-hybridized carbons (Fsp3) is 0.417. The van der Waals surface area contributed by atoms with Crippen molar-refractivity contribution in [2.24, 2.45) is 0 Å². The highest BCUT2D eigenvalue weighted by Crippen LogP contribution is 2.36. The zero-order chi connectivity index (χ0) is 14.3. The third kappa shape index (κ3) is 2.26. The summed E-state index contributed by atoms with van der Waals surface area (Å²) >= 11 is 1.19. The molecule has 0 aliphatic carbocycles. The predicted octanol–water partition coefficient (Wildman–Crippen LogP) is 2.82. The van der Waals surface area contributed by atoms with Crippen molar-refractivity contribution in [1.29, 1.82) is 0 Å². The second kappa shape index (κ2) is 4.75.